The van der Waals surface area contributed by atoms with E-state index >= 15 is 0 Å². The Morgan fingerprint density at radius 3 is 2.90 bits per heavy atom. The fourth-order valence-electron chi connectivity index (χ4n) is 3.01. The average Bonchev–Trinajstić information content (AvgIpc) is 2.49. The van der Waals surface area contributed by atoms with Crippen molar-refractivity contribution in [1.82, 2.24) is 4.98 Å². The third-order valence-corrected chi connectivity index (χ3v) is 4.36. The number of halogens is 3. The maximum Gasteiger partial charge on any atom is 0.142 e. The molecule has 0 saturated carbocycles. The van der Waals surface area contributed by atoms with Crippen LogP contribution in [0, 0.1) is 11.6 Å². The highest BCUT2D eigenvalue weighted by atomic mass is 35.5. The normalized spacial score (nSPS) is 19.1. The second-order valence-corrected chi connectivity index (χ2v) is 5.77. The number of nitrogens with zero attached hydrogens (tertiary/aromatic N) is 1. The molecule has 0 amide bonds. The molecule has 0 radical (unpaired) electrons. The van der Waals surface area contributed by atoms with Crippen molar-refractivity contribution < 1.29 is 8.78 Å². The van der Waals surface area contributed by atoms with Gasteiger partial charge in [-0.25, -0.2) is 8.78 Å². The highest BCUT2D eigenvalue weighted by Gasteiger charge is 2.29. The molecule has 0 saturated heterocycles. The Balaban J connectivity index is 2.00. The molecule has 2 N–H and O–H groups in total. The molecule has 2 unspecified atom stereocenters. The Morgan fingerprint density at radius 2 is 2.10 bits per heavy atom. The minimum atomic E-state index is -0.652. The van der Waals surface area contributed by atoms with Gasteiger partial charge in [-0.2, -0.15) is 0 Å². The largest absolute Gasteiger partial charge is 0.323 e. The summed E-state index contributed by atoms with van der Waals surface area (Å²) in [6.45, 7) is 0. The van der Waals surface area contributed by atoms with Crippen molar-refractivity contribution in [3.05, 3.63) is 63.9 Å². The molecule has 0 spiro atoms. The van der Waals surface area contributed by atoms with Gasteiger partial charge in [0.2, 0.25) is 0 Å². The molecule has 0 aliphatic heterocycles. The van der Waals surface area contributed by atoms with Gasteiger partial charge in [0.1, 0.15) is 11.6 Å². The maximum atomic E-state index is 14.1. The summed E-state index contributed by atoms with van der Waals surface area (Å²) in [6.07, 6.45) is 4.44. The van der Waals surface area contributed by atoms with Gasteiger partial charge in [0.15, 0.2) is 0 Å². The van der Waals surface area contributed by atoms with Crippen LogP contribution in [0.25, 0.3) is 0 Å². The third kappa shape index (κ3) is 2.65. The van der Waals surface area contributed by atoms with Crippen LogP contribution in [0.1, 0.15) is 41.6 Å². The van der Waals surface area contributed by atoms with Crippen molar-refractivity contribution in [2.24, 2.45) is 5.73 Å². The molecule has 1 aromatic carbocycles. The minimum Gasteiger partial charge on any atom is -0.323 e. The predicted octanol–water partition coefficient (Wildman–Crippen LogP) is 4.13. The van der Waals surface area contributed by atoms with Crippen LogP contribution < -0.4 is 5.73 Å². The standard InChI is InChI=1S/C16H15ClF2N2/c17-12-8-13(18)11(7-14(12)19)15(20)10-5-1-3-9-4-2-6-21-16(9)10/h2,4,6-8,10,15H,1,3,5,20H2. The van der Waals surface area contributed by atoms with Crippen LogP contribution in [0.3, 0.4) is 0 Å². The Bertz CT molecular complexity index is 675. The number of rotatable bonds is 2. The summed E-state index contributed by atoms with van der Waals surface area (Å²) in [5.74, 6) is -1.33. The van der Waals surface area contributed by atoms with E-state index in [0.717, 1.165) is 42.7 Å². The molecule has 5 heteroatoms. The van der Waals surface area contributed by atoms with E-state index in [0.29, 0.717) is 0 Å². The van der Waals surface area contributed by atoms with Crippen molar-refractivity contribution in [2.75, 3.05) is 0 Å². The van der Waals surface area contributed by atoms with Gasteiger partial charge in [-0.1, -0.05) is 17.7 Å². The molecule has 1 aliphatic carbocycles. The van der Waals surface area contributed by atoms with Gasteiger partial charge >= 0.3 is 0 Å². The van der Waals surface area contributed by atoms with E-state index in [2.05, 4.69) is 4.98 Å². The maximum absolute atomic E-state index is 14.1. The molecule has 0 fully saturated rings. The lowest BCUT2D eigenvalue weighted by Gasteiger charge is -2.29. The van der Waals surface area contributed by atoms with Crippen LogP contribution >= 0.6 is 11.6 Å². The van der Waals surface area contributed by atoms with Gasteiger partial charge in [-0.3, -0.25) is 4.98 Å². The summed E-state index contributed by atoms with van der Waals surface area (Å²) in [4.78, 5) is 4.39. The van der Waals surface area contributed by atoms with Gasteiger partial charge in [0.25, 0.3) is 0 Å². The van der Waals surface area contributed by atoms with E-state index in [9.17, 15) is 8.78 Å². The van der Waals surface area contributed by atoms with Crippen LogP contribution in [0.4, 0.5) is 8.78 Å². The highest BCUT2D eigenvalue weighted by Crippen LogP contribution is 2.39. The molecule has 3 rings (SSSR count). The summed E-state index contributed by atoms with van der Waals surface area (Å²) in [5.41, 5.74) is 8.40. The van der Waals surface area contributed by atoms with E-state index in [1.54, 1.807) is 6.20 Å². The molecule has 1 aromatic heterocycles. The Labute approximate surface area is 127 Å². The lowest BCUT2D eigenvalue weighted by Crippen LogP contribution is -2.25. The topological polar surface area (TPSA) is 38.9 Å². The summed E-state index contributed by atoms with van der Waals surface area (Å²) < 4.78 is 27.7. The Kier molecular flexibility index (Phi) is 3.91. The molecule has 21 heavy (non-hydrogen) atoms. The van der Waals surface area contributed by atoms with Gasteiger partial charge in [0.05, 0.1) is 5.02 Å². The number of hydrogen-bond acceptors (Lipinski definition) is 2. The summed E-state index contributed by atoms with van der Waals surface area (Å²) in [6, 6.07) is 5.34. The van der Waals surface area contributed by atoms with Crippen molar-refractivity contribution in [3.63, 3.8) is 0 Å². The Hall–Kier alpha value is -1.52. The molecule has 2 aromatic rings. The fourth-order valence-corrected chi connectivity index (χ4v) is 3.16. The van der Waals surface area contributed by atoms with Gasteiger partial charge in [0, 0.05) is 29.4 Å². The lowest BCUT2D eigenvalue weighted by atomic mass is 9.80. The van der Waals surface area contributed by atoms with Crippen LogP contribution in [0.15, 0.2) is 30.5 Å². The van der Waals surface area contributed by atoms with E-state index in [-0.39, 0.29) is 16.5 Å². The minimum absolute atomic E-state index is 0.106. The summed E-state index contributed by atoms with van der Waals surface area (Å²) >= 11 is 5.59. The molecule has 1 heterocycles. The second kappa shape index (κ2) is 5.70. The van der Waals surface area contributed by atoms with Crippen molar-refractivity contribution in [3.8, 4) is 0 Å². The molecular formula is C16H15ClF2N2. The number of aryl methyl sites for hydroxylation is 1. The molecule has 2 atom stereocenters. The number of nitrogens with two attached hydrogens (primary N) is 1. The summed E-state index contributed by atoms with van der Waals surface area (Å²) in [5, 5.41) is -0.231. The predicted molar refractivity (Wildman–Crippen MR) is 78.2 cm³/mol. The van der Waals surface area contributed by atoms with Crippen LogP contribution in [-0.2, 0) is 6.42 Å². The first-order valence-electron chi connectivity index (χ1n) is 6.91. The van der Waals surface area contributed by atoms with Crippen molar-refractivity contribution in [1.29, 1.82) is 0 Å². The third-order valence-electron chi connectivity index (χ3n) is 4.07. The number of pyridine rings is 1. The fraction of sp³-hybridized carbons (Fsp3) is 0.312. The first-order chi connectivity index (χ1) is 10.1. The molecule has 0 bridgehead atoms. The first kappa shape index (κ1) is 14.4. The average molecular weight is 309 g/mol. The SMILES string of the molecule is NC(c1cc(F)c(Cl)cc1F)C1CCCc2cccnc21. The Morgan fingerprint density at radius 1 is 1.29 bits per heavy atom. The highest BCUT2D eigenvalue weighted by molar-refractivity contribution is 6.30. The zero-order valence-corrected chi connectivity index (χ0v) is 12.1. The summed E-state index contributed by atoms with van der Waals surface area (Å²) in [7, 11) is 0. The molecular weight excluding hydrogens is 294 g/mol. The van der Waals surface area contributed by atoms with Crippen LogP contribution in [-0.4, -0.2) is 4.98 Å². The molecule has 2 nitrogen and oxygen atoms in total. The quantitative estimate of drug-likeness (QED) is 0.847. The van der Waals surface area contributed by atoms with E-state index in [1.807, 2.05) is 12.1 Å². The number of hydrogen-bond donors (Lipinski definition) is 1. The van der Waals surface area contributed by atoms with E-state index < -0.39 is 17.7 Å². The van der Waals surface area contributed by atoms with Gasteiger partial charge in [-0.05, 0) is 43.0 Å². The zero-order valence-electron chi connectivity index (χ0n) is 11.3. The molecule has 1 aliphatic rings. The van der Waals surface area contributed by atoms with Gasteiger partial charge in [-0.15, -0.1) is 0 Å². The van der Waals surface area contributed by atoms with E-state index in [1.165, 1.54) is 0 Å². The van der Waals surface area contributed by atoms with E-state index in [4.69, 9.17) is 17.3 Å². The van der Waals surface area contributed by atoms with Crippen LogP contribution in [0.2, 0.25) is 5.02 Å². The van der Waals surface area contributed by atoms with Crippen LogP contribution in [0.5, 0.6) is 0 Å². The first-order valence-corrected chi connectivity index (χ1v) is 7.29. The zero-order chi connectivity index (χ0) is 15.0. The number of benzene rings is 1. The van der Waals surface area contributed by atoms with Crippen molar-refractivity contribution >= 4 is 11.6 Å². The number of fused-ring (bicyclic) bond motifs is 1. The van der Waals surface area contributed by atoms with Crippen molar-refractivity contribution in [2.45, 2.75) is 31.2 Å². The smallest absolute Gasteiger partial charge is 0.142 e. The monoisotopic (exact) mass is 308 g/mol. The second-order valence-electron chi connectivity index (χ2n) is 5.36. The lowest BCUT2D eigenvalue weighted by molar-refractivity contribution is 0.445. The van der Waals surface area contributed by atoms with Gasteiger partial charge < -0.3 is 5.73 Å². The number of aromatic nitrogens is 1. The molecule has 110 valence electrons.